The first-order valence-electron chi connectivity index (χ1n) is 7.70. The molecule has 1 atom stereocenters. The van der Waals surface area contributed by atoms with E-state index in [2.05, 4.69) is 32.2 Å². The van der Waals surface area contributed by atoms with Crippen molar-refractivity contribution in [2.24, 2.45) is 13.0 Å². The summed E-state index contributed by atoms with van der Waals surface area (Å²) in [5.74, 6) is 2.44. The van der Waals surface area contributed by atoms with Crippen molar-refractivity contribution in [2.75, 3.05) is 25.1 Å². The molecule has 6 heteroatoms. The second-order valence-corrected chi connectivity index (χ2v) is 6.04. The second kappa shape index (κ2) is 6.44. The summed E-state index contributed by atoms with van der Waals surface area (Å²) in [6.07, 6.45) is 6.35. The lowest BCUT2D eigenvalue weighted by Crippen LogP contribution is -2.22. The molecule has 1 aliphatic heterocycles. The maximum atomic E-state index is 5.15. The highest BCUT2D eigenvalue weighted by Gasteiger charge is 2.24. The third-order valence-electron chi connectivity index (χ3n) is 4.05. The monoisotopic (exact) mass is 301 g/mol. The predicted molar refractivity (Wildman–Crippen MR) is 84.7 cm³/mol. The Labute approximate surface area is 131 Å². The smallest absolute Gasteiger partial charge is 0.156 e. The molecule has 118 valence electrons. The van der Waals surface area contributed by atoms with E-state index >= 15 is 0 Å². The summed E-state index contributed by atoms with van der Waals surface area (Å²) in [7, 11) is 3.64. The fourth-order valence-corrected chi connectivity index (χ4v) is 3.09. The third kappa shape index (κ3) is 3.44. The molecule has 1 saturated heterocycles. The van der Waals surface area contributed by atoms with Crippen molar-refractivity contribution < 1.29 is 4.74 Å². The number of aromatic nitrogens is 4. The van der Waals surface area contributed by atoms with Crippen molar-refractivity contribution in [3.05, 3.63) is 35.5 Å². The molecule has 0 aliphatic carbocycles. The zero-order valence-electron chi connectivity index (χ0n) is 13.5. The van der Waals surface area contributed by atoms with Crippen LogP contribution in [0.4, 0.5) is 5.82 Å². The number of ether oxygens (including phenoxy) is 1. The molecule has 1 unspecified atom stereocenters. The molecular formula is C16H23N5O. The Morgan fingerprint density at radius 2 is 2.23 bits per heavy atom. The lowest BCUT2D eigenvalue weighted by molar-refractivity contribution is 0.177. The van der Waals surface area contributed by atoms with Gasteiger partial charge >= 0.3 is 0 Å². The average molecular weight is 301 g/mol. The van der Waals surface area contributed by atoms with Crippen LogP contribution in [-0.4, -0.2) is 39.9 Å². The summed E-state index contributed by atoms with van der Waals surface area (Å²) < 4.78 is 7.02. The van der Waals surface area contributed by atoms with E-state index in [9.17, 15) is 0 Å². The van der Waals surface area contributed by atoms with Crippen LogP contribution in [0.2, 0.25) is 0 Å². The maximum Gasteiger partial charge on any atom is 0.156 e. The van der Waals surface area contributed by atoms with Gasteiger partial charge in [-0.2, -0.15) is 5.10 Å². The Balaban J connectivity index is 1.67. The minimum atomic E-state index is 0.460. The molecule has 0 spiro atoms. The lowest BCUT2D eigenvalue weighted by atomic mass is 10.0. The van der Waals surface area contributed by atoms with Gasteiger partial charge in [-0.1, -0.05) is 0 Å². The summed E-state index contributed by atoms with van der Waals surface area (Å²) >= 11 is 0. The molecular weight excluding hydrogens is 278 g/mol. The van der Waals surface area contributed by atoms with Crippen LogP contribution in [0.3, 0.4) is 0 Å². The van der Waals surface area contributed by atoms with Crippen molar-refractivity contribution >= 4 is 5.82 Å². The highest BCUT2D eigenvalue weighted by molar-refractivity contribution is 5.41. The zero-order chi connectivity index (χ0) is 15.5. The zero-order valence-corrected chi connectivity index (χ0v) is 13.5. The summed E-state index contributed by atoms with van der Waals surface area (Å²) in [6.45, 7) is 4.56. The minimum Gasteiger partial charge on any atom is -0.377 e. The van der Waals surface area contributed by atoms with E-state index in [-0.39, 0.29) is 0 Å². The molecule has 2 aromatic rings. The SMILES string of the molecule is COCc1nc(C)cc(N2CCC(Cc3cnn(C)c3)C2)n1. The first kappa shape index (κ1) is 15.0. The molecule has 0 N–H and O–H groups in total. The number of aryl methyl sites for hydroxylation is 2. The van der Waals surface area contributed by atoms with E-state index in [1.165, 1.54) is 12.0 Å². The van der Waals surface area contributed by atoms with Crippen molar-refractivity contribution in [1.29, 1.82) is 0 Å². The molecule has 0 amide bonds. The summed E-state index contributed by atoms with van der Waals surface area (Å²) in [5, 5.41) is 4.25. The van der Waals surface area contributed by atoms with Gasteiger partial charge in [0.1, 0.15) is 12.4 Å². The van der Waals surface area contributed by atoms with Gasteiger partial charge in [-0.15, -0.1) is 0 Å². The van der Waals surface area contributed by atoms with E-state index in [1.807, 2.05) is 24.9 Å². The molecule has 3 rings (SSSR count). The quantitative estimate of drug-likeness (QED) is 0.842. The van der Waals surface area contributed by atoms with Crippen LogP contribution in [0, 0.1) is 12.8 Å². The van der Waals surface area contributed by atoms with E-state index in [1.54, 1.807) is 7.11 Å². The van der Waals surface area contributed by atoms with E-state index in [0.717, 1.165) is 36.8 Å². The van der Waals surface area contributed by atoms with Gasteiger partial charge in [0.05, 0.1) is 6.20 Å². The molecule has 2 aromatic heterocycles. The number of anilines is 1. The van der Waals surface area contributed by atoms with E-state index in [4.69, 9.17) is 4.74 Å². The van der Waals surface area contributed by atoms with Crippen LogP contribution in [0.15, 0.2) is 18.5 Å². The fraction of sp³-hybridized carbons (Fsp3) is 0.562. The molecule has 0 bridgehead atoms. The van der Waals surface area contributed by atoms with Crippen molar-refractivity contribution in [3.8, 4) is 0 Å². The Kier molecular flexibility index (Phi) is 4.38. The third-order valence-corrected chi connectivity index (χ3v) is 4.05. The fourth-order valence-electron chi connectivity index (χ4n) is 3.09. The van der Waals surface area contributed by atoms with Gasteiger partial charge in [0.25, 0.3) is 0 Å². The lowest BCUT2D eigenvalue weighted by Gasteiger charge is -2.18. The van der Waals surface area contributed by atoms with Crippen LogP contribution in [-0.2, 0) is 24.8 Å². The van der Waals surface area contributed by atoms with Gasteiger partial charge in [-0.3, -0.25) is 4.68 Å². The number of hydrogen-bond acceptors (Lipinski definition) is 5. The molecule has 0 radical (unpaired) electrons. The largest absolute Gasteiger partial charge is 0.377 e. The number of hydrogen-bond donors (Lipinski definition) is 0. The van der Waals surface area contributed by atoms with Crippen molar-refractivity contribution in [3.63, 3.8) is 0 Å². The number of methoxy groups -OCH3 is 1. The second-order valence-electron chi connectivity index (χ2n) is 6.04. The predicted octanol–water partition coefficient (Wildman–Crippen LogP) is 1.73. The van der Waals surface area contributed by atoms with E-state index < -0.39 is 0 Å². The van der Waals surface area contributed by atoms with Crippen LogP contribution < -0.4 is 4.90 Å². The highest BCUT2D eigenvalue weighted by Crippen LogP contribution is 2.25. The Hall–Kier alpha value is -1.95. The summed E-state index contributed by atoms with van der Waals surface area (Å²) in [4.78, 5) is 11.4. The summed E-state index contributed by atoms with van der Waals surface area (Å²) in [5.41, 5.74) is 2.31. The molecule has 6 nitrogen and oxygen atoms in total. The minimum absolute atomic E-state index is 0.460. The first-order valence-corrected chi connectivity index (χ1v) is 7.70. The topological polar surface area (TPSA) is 56.1 Å². The Bertz CT molecular complexity index is 639. The molecule has 3 heterocycles. The van der Waals surface area contributed by atoms with Crippen molar-refractivity contribution in [2.45, 2.75) is 26.4 Å². The number of rotatable bonds is 5. The number of nitrogens with zero attached hydrogens (tertiary/aromatic N) is 5. The molecule has 1 fully saturated rings. The van der Waals surface area contributed by atoms with Crippen LogP contribution in [0.1, 0.15) is 23.5 Å². The van der Waals surface area contributed by atoms with Gasteiger partial charge < -0.3 is 9.64 Å². The molecule has 1 aliphatic rings. The van der Waals surface area contributed by atoms with Gasteiger partial charge in [0, 0.05) is 45.2 Å². The van der Waals surface area contributed by atoms with E-state index in [0.29, 0.717) is 12.5 Å². The Morgan fingerprint density at radius 3 is 2.95 bits per heavy atom. The maximum absolute atomic E-state index is 5.15. The standard InChI is InChI=1S/C16H23N5O/c1-12-6-16(19-15(18-12)11-22-3)21-5-4-13(10-21)7-14-8-17-20(2)9-14/h6,8-9,13H,4-5,7,10-11H2,1-3H3. The van der Waals surface area contributed by atoms with Gasteiger partial charge in [0.15, 0.2) is 5.82 Å². The summed E-state index contributed by atoms with van der Waals surface area (Å²) in [6, 6.07) is 2.06. The molecule has 0 saturated carbocycles. The average Bonchev–Trinajstić information content (AvgIpc) is 3.08. The van der Waals surface area contributed by atoms with Crippen LogP contribution in [0.25, 0.3) is 0 Å². The van der Waals surface area contributed by atoms with Gasteiger partial charge in [-0.05, 0) is 31.2 Å². The van der Waals surface area contributed by atoms with Crippen LogP contribution in [0.5, 0.6) is 0 Å². The van der Waals surface area contributed by atoms with Crippen LogP contribution >= 0.6 is 0 Å². The Morgan fingerprint density at radius 1 is 1.36 bits per heavy atom. The van der Waals surface area contributed by atoms with Crippen molar-refractivity contribution in [1.82, 2.24) is 19.7 Å². The molecule has 0 aromatic carbocycles. The molecule has 22 heavy (non-hydrogen) atoms. The highest BCUT2D eigenvalue weighted by atomic mass is 16.5. The van der Waals surface area contributed by atoms with Gasteiger partial charge in [-0.25, -0.2) is 9.97 Å². The first-order chi connectivity index (χ1) is 10.6. The van der Waals surface area contributed by atoms with Gasteiger partial charge in [0.2, 0.25) is 0 Å². The normalized spacial score (nSPS) is 18.1.